The molecule has 0 unspecified atom stereocenters. The summed E-state index contributed by atoms with van der Waals surface area (Å²) in [6.07, 6.45) is 0. The molecule has 1 saturated heterocycles. The molecule has 0 aliphatic carbocycles. The van der Waals surface area contributed by atoms with Crippen LogP contribution in [0.25, 0.3) is 11.0 Å². The highest BCUT2D eigenvalue weighted by atomic mass is 16.5. The maximum absolute atomic E-state index is 13.1. The van der Waals surface area contributed by atoms with Crippen molar-refractivity contribution in [1.29, 1.82) is 0 Å². The first-order chi connectivity index (χ1) is 14.8. The highest BCUT2D eigenvalue weighted by Gasteiger charge is 2.53. The van der Waals surface area contributed by atoms with Gasteiger partial charge in [0.05, 0.1) is 13.7 Å². The Balaban J connectivity index is 1.57. The molecule has 5 rings (SSSR count). The molecule has 2 N–H and O–H groups in total. The van der Waals surface area contributed by atoms with Gasteiger partial charge in [-0.15, -0.1) is 0 Å². The van der Waals surface area contributed by atoms with Crippen LogP contribution in [0.2, 0.25) is 0 Å². The van der Waals surface area contributed by atoms with Crippen molar-refractivity contribution in [2.75, 3.05) is 13.7 Å². The smallest absolute Gasteiger partial charge is 0.322 e. The molecule has 9 nitrogen and oxygen atoms in total. The number of benzene rings is 1. The first kappa shape index (κ1) is 19.1. The normalized spacial score (nSPS) is 20.2. The molecule has 1 atom stereocenters. The molecule has 2 aliphatic rings. The molecule has 2 aliphatic heterocycles. The minimum Gasteiger partial charge on any atom is -0.497 e. The number of imide groups is 1. The second kappa shape index (κ2) is 6.56. The number of carbonyl (C=O) groups excluding carboxylic acids is 3. The third-order valence-electron chi connectivity index (χ3n) is 5.82. The zero-order chi connectivity index (χ0) is 21.9. The molecule has 31 heavy (non-hydrogen) atoms. The van der Waals surface area contributed by atoms with Crippen molar-refractivity contribution in [3.05, 3.63) is 58.6 Å². The Hall–Kier alpha value is -3.88. The molecule has 9 heteroatoms. The van der Waals surface area contributed by atoms with E-state index in [1.54, 1.807) is 24.3 Å². The summed E-state index contributed by atoms with van der Waals surface area (Å²) in [6, 6.07) is 8.13. The molecule has 1 fully saturated rings. The number of furan rings is 1. The molecule has 0 radical (unpaired) electrons. The van der Waals surface area contributed by atoms with Crippen LogP contribution in [0.1, 0.15) is 33.1 Å². The standard InChI is InChI=1S/C22H20N4O5/c1-11-6-17-15(12(2)23-11)8-18(31-17)22(20(28)24-21(29)25-22)10-26-9-13-4-5-14(30-3)7-16(13)19(26)27/h4-8H,9-10H2,1-3H3,(H2,24,25,28,29)/t22-/m0/s1. The lowest BCUT2D eigenvalue weighted by Crippen LogP contribution is -2.52. The second-order valence-electron chi connectivity index (χ2n) is 7.87. The molecule has 4 amide bonds. The minimum atomic E-state index is -1.54. The predicted octanol–water partition coefficient (Wildman–Crippen LogP) is 2.14. The van der Waals surface area contributed by atoms with E-state index >= 15 is 0 Å². The topological polar surface area (TPSA) is 114 Å². The molecule has 0 spiro atoms. The fourth-order valence-electron chi connectivity index (χ4n) is 4.29. The van der Waals surface area contributed by atoms with Gasteiger partial charge in [0.2, 0.25) is 0 Å². The van der Waals surface area contributed by atoms with Gasteiger partial charge in [-0.3, -0.25) is 19.9 Å². The van der Waals surface area contributed by atoms with E-state index in [2.05, 4.69) is 15.6 Å². The van der Waals surface area contributed by atoms with Gasteiger partial charge in [-0.1, -0.05) is 6.07 Å². The minimum absolute atomic E-state index is 0.0777. The molecule has 0 bridgehead atoms. The van der Waals surface area contributed by atoms with Crippen LogP contribution in [0.4, 0.5) is 4.79 Å². The van der Waals surface area contributed by atoms with Crippen molar-refractivity contribution < 1.29 is 23.5 Å². The van der Waals surface area contributed by atoms with Crippen molar-refractivity contribution in [3.8, 4) is 5.75 Å². The van der Waals surface area contributed by atoms with Crippen molar-refractivity contribution >= 4 is 28.8 Å². The van der Waals surface area contributed by atoms with E-state index in [9.17, 15) is 14.4 Å². The molecular formula is C22H20N4O5. The largest absolute Gasteiger partial charge is 0.497 e. The molecule has 4 heterocycles. The van der Waals surface area contributed by atoms with Gasteiger partial charge in [-0.05, 0) is 37.6 Å². The lowest BCUT2D eigenvalue weighted by atomic mass is 9.95. The van der Waals surface area contributed by atoms with E-state index in [4.69, 9.17) is 9.15 Å². The van der Waals surface area contributed by atoms with E-state index in [0.29, 0.717) is 23.4 Å². The number of pyridine rings is 1. The quantitative estimate of drug-likeness (QED) is 0.625. The summed E-state index contributed by atoms with van der Waals surface area (Å²) in [4.78, 5) is 44.1. The van der Waals surface area contributed by atoms with Crippen LogP contribution in [0.3, 0.4) is 0 Å². The number of nitrogens with one attached hydrogen (secondary N) is 2. The van der Waals surface area contributed by atoms with Crippen molar-refractivity contribution in [1.82, 2.24) is 20.5 Å². The SMILES string of the molecule is COc1ccc2c(c1)C(=O)N(C[C@@]1(c3cc4c(C)nc(C)cc4o3)NC(=O)NC1=O)C2. The van der Waals surface area contributed by atoms with Gasteiger partial charge >= 0.3 is 6.03 Å². The Morgan fingerprint density at radius 2 is 2.00 bits per heavy atom. The molecule has 3 aromatic rings. The van der Waals surface area contributed by atoms with E-state index in [0.717, 1.165) is 22.3 Å². The van der Waals surface area contributed by atoms with Crippen LogP contribution < -0.4 is 15.4 Å². The van der Waals surface area contributed by atoms with Crippen molar-refractivity contribution in [2.45, 2.75) is 25.9 Å². The van der Waals surface area contributed by atoms with Crippen molar-refractivity contribution in [2.24, 2.45) is 0 Å². The summed E-state index contributed by atoms with van der Waals surface area (Å²) in [5, 5.41) is 5.72. The van der Waals surface area contributed by atoms with E-state index in [-0.39, 0.29) is 18.2 Å². The number of rotatable bonds is 4. The Bertz CT molecular complexity index is 1280. The summed E-state index contributed by atoms with van der Waals surface area (Å²) in [5.41, 5.74) is 1.89. The van der Waals surface area contributed by atoms with Gasteiger partial charge in [0, 0.05) is 34.9 Å². The van der Waals surface area contributed by atoms with E-state index in [1.807, 2.05) is 19.9 Å². The Morgan fingerprint density at radius 3 is 2.71 bits per heavy atom. The van der Waals surface area contributed by atoms with E-state index < -0.39 is 17.5 Å². The fourth-order valence-corrected chi connectivity index (χ4v) is 4.29. The van der Waals surface area contributed by atoms with Gasteiger partial charge < -0.3 is 19.4 Å². The third kappa shape index (κ3) is 2.84. The molecule has 2 aromatic heterocycles. The number of carbonyl (C=O) groups is 3. The number of nitrogens with zero attached hydrogens (tertiary/aromatic N) is 2. The van der Waals surface area contributed by atoms with Gasteiger partial charge in [-0.2, -0.15) is 0 Å². The fraction of sp³-hybridized carbons (Fsp3) is 0.273. The van der Waals surface area contributed by atoms with Crippen LogP contribution in [0.5, 0.6) is 5.75 Å². The number of hydrogen-bond donors (Lipinski definition) is 2. The third-order valence-corrected chi connectivity index (χ3v) is 5.82. The Labute approximate surface area is 177 Å². The van der Waals surface area contributed by atoms with Crippen molar-refractivity contribution in [3.63, 3.8) is 0 Å². The lowest BCUT2D eigenvalue weighted by molar-refractivity contribution is -0.125. The van der Waals surface area contributed by atoms with Crippen LogP contribution in [0, 0.1) is 13.8 Å². The number of urea groups is 1. The monoisotopic (exact) mass is 420 g/mol. The van der Waals surface area contributed by atoms with Gasteiger partial charge in [-0.25, -0.2) is 4.79 Å². The second-order valence-corrected chi connectivity index (χ2v) is 7.87. The van der Waals surface area contributed by atoms with Gasteiger partial charge in [0.25, 0.3) is 11.8 Å². The first-order valence-corrected chi connectivity index (χ1v) is 9.79. The zero-order valence-electron chi connectivity index (χ0n) is 17.2. The predicted molar refractivity (Wildman–Crippen MR) is 110 cm³/mol. The van der Waals surface area contributed by atoms with Crippen LogP contribution in [-0.4, -0.2) is 41.4 Å². The maximum Gasteiger partial charge on any atom is 0.322 e. The summed E-state index contributed by atoms with van der Waals surface area (Å²) >= 11 is 0. The summed E-state index contributed by atoms with van der Waals surface area (Å²) in [5.74, 6) is 0.0149. The van der Waals surface area contributed by atoms with Crippen LogP contribution >= 0.6 is 0 Å². The summed E-state index contributed by atoms with van der Waals surface area (Å²) < 4.78 is 11.2. The number of amides is 4. The first-order valence-electron chi connectivity index (χ1n) is 9.79. The lowest BCUT2D eigenvalue weighted by Gasteiger charge is -2.29. The summed E-state index contributed by atoms with van der Waals surface area (Å²) in [6.45, 7) is 3.93. The highest BCUT2D eigenvalue weighted by Crippen LogP contribution is 2.35. The molecular weight excluding hydrogens is 400 g/mol. The average molecular weight is 420 g/mol. The van der Waals surface area contributed by atoms with Gasteiger partial charge in [0.1, 0.15) is 17.1 Å². The molecule has 0 saturated carbocycles. The van der Waals surface area contributed by atoms with E-state index in [1.165, 1.54) is 12.0 Å². The number of ether oxygens (including phenoxy) is 1. The number of fused-ring (bicyclic) bond motifs is 2. The zero-order valence-corrected chi connectivity index (χ0v) is 17.2. The summed E-state index contributed by atoms with van der Waals surface area (Å²) in [7, 11) is 1.53. The number of aryl methyl sites for hydroxylation is 2. The number of hydrogen-bond acceptors (Lipinski definition) is 6. The Kier molecular flexibility index (Phi) is 4.04. The molecule has 1 aromatic carbocycles. The number of aromatic nitrogens is 1. The van der Waals surface area contributed by atoms with Gasteiger partial charge in [0.15, 0.2) is 5.54 Å². The highest BCUT2D eigenvalue weighted by molar-refractivity contribution is 6.08. The maximum atomic E-state index is 13.1. The average Bonchev–Trinajstić information content (AvgIpc) is 3.37. The van der Waals surface area contributed by atoms with Crippen LogP contribution in [0.15, 0.2) is 34.7 Å². The Morgan fingerprint density at radius 1 is 1.19 bits per heavy atom. The van der Waals surface area contributed by atoms with Crippen LogP contribution in [-0.2, 0) is 16.9 Å². The number of methoxy groups -OCH3 is 1. The molecule has 158 valence electrons.